The van der Waals surface area contributed by atoms with Gasteiger partial charge in [0.25, 0.3) is 0 Å². The predicted octanol–water partition coefficient (Wildman–Crippen LogP) is 6.00. The van der Waals surface area contributed by atoms with Gasteiger partial charge in [0.1, 0.15) is 0 Å². The zero-order valence-corrected chi connectivity index (χ0v) is 22.2. The zero-order valence-electron chi connectivity index (χ0n) is 21.4. The minimum absolute atomic E-state index is 0.0189. The second kappa shape index (κ2) is 12.7. The number of piperidine rings is 1. The molecule has 2 aliphatic heterocycles. The van der Waals surface area contributed by atoms with Crippen LogP contribution in [0.1, 0.15) is 31.2 Å². The van der Waals surface area contributed by atoms with E-state index < -0.39 is 17.2 Å². The molecule has 0 aromatic heterocycles. The number of rotatable bonds is 8. The van der Waals surface area contributed by atoms with Crippen LogP contribution in [0.25, 0.3) is 0 Å². The van der Waals surface area contributed by atoms with Crippen molar-refractivity contribution in [3.63, 3.8) is 0 Å². The van der Waals surface area contributed by atoms with Crippen LogP contribution in [0, 0.1) is 0 Å². The van der Waals surface area contributed by atoms with Crippen LogP contribution in [0.5, 0.6) is 0 Å². The summed E-state index contributed by atoms with van der Waals surface area (Å²) < 4.78 is 75.9. The third-order valence-electron chi connectivity index (χ3n) is 7.11. The first kappa shape index (κ1) is 29.4. The molecule has 39 heavy (non-hydrogen) atoms. The van der Waals surface area contributed by atoms with Crippen molar-refractivity contribution < 1.29 is 31.1 Å². The monoisotopic (exact) mass is 574 g/mol. The van der Waals surface area contributed by atoms with Gasteiger partial charge in [-0.05, 0) is 86.1 Å². The predicted molar refractivity (Wildman–Crippen MR) is 141 cm³/mol. The first-order valence-electron chi connectivity index (χ1n) is 13.0. The minimum Gasteiger partial charge on any atom is -0.371 e. The number of hydrogen-bond acceptors (Lipinski definition) is 5. The van der Waals surface area contributed by atoms with Gasteiger partial charge in [-0.2, -0.15) is 26.3 Å². The Kier molecular flexibility index (Phi) is 9.58. The number of nitrogens with zero attached hydrogens (tertiary/aromatic N) is 3. The summed E-state index contributed by atoms with van der Waals surface area (Å²) in [6.07, 6.45) is -1.63. The largest absolute Gasteiger partial charge is 0.446 e. The lowest BCUT2D eigenvalue weighted by Gasteiger charge is -2.36. The van der Waals surface area contributed by atoms with Crippen LogP contribution in [-0.4, -0.2) is 68.2 Å². The molecule has 5 nitrogen and oxygen atoms in total. The molecule has 2 aromatic carbocycles. The lowest BCUT2D eigenvalue weighted by Crippen LogP contribution is -2.47. The second-order valence-electron chi connectivity index (χ2n) is 9.85. The molecule has 0 radical (unpaired) electrons. The van der Waals surface area contributed by atoms with Gasteiger partial charge in [-0.1, -0.05) is 0 Å². The number of carbonyl (C=O) groups excluding carboxylic acids is 1. The number of anilines is 2. The van der Waals surface area contributed by atoms with E-state index in [9.17, 15) is 31.1 Å². The van der Waals surface area contributed by atoms with E-state index in [1.165, 1.54) is 24.3 Å². The summed E-state index contributed by atoms with van der Waals surface area (Å²) in [4.78, 5) is 19.1. The van der Waals surface area contributed by atoms with Crippen molar-refractivity contribution >= 4 is 29.0 Å². The number of nitrogens with one attached hydrogen (secondary N) is 1. The Morgan fingerprint density at radius 3 is 1.87 bits per heavy atom. The number of carbonyl (C=O) groups is 1. The molecule has 214 valence electrons. The maximum atomic E-state index is 12.8. The molecule has 2 aliphatic rings. The van der Waals surface area contributed by atoms with Gasteiger partial charge in [0.15, 0.2) is 0 Å². The topological polar surface area (TPSA) is 38.8 Å². The molecule has 0 aliphatic carbocycles. The molecule has 0 saturated carbocycles. The van der Waals surface area contributed by atoms with Crippen molar-refractivity contribution in [2.24, 2.45) is 0 Å². The van der Waals surface area contributed by atoms with Crippen LogP contribution in [-0.2, 0) is 11.0 Å². The standard InChI is InChI=1S/C27H32F6N4OS/c28-26(29,30)20-3-5-22(6-4-20)37-18-16-35(17-19-37)13-1-2-25(38)34-21-11-14-36(15-12-21)23-7-9-24(10-8-23)39-27(31,32)33/h3-10,21H,1-2,11-19H2,(H,34,38). The average molecular weight is 575 g/mol. The van der Waals surface area contributed by atoms with Crippen LogP contribution >= 0.6 is 11.8 Å². The van der Waals surface area contributed by atoms with Crippen molar-refractivity contribution in [3.8, 4) is 0 Å². The summed E-state index contributed by atoms with van der Waals surface area (Å²) in [5, 5.41) is 3.11. The van der Waals surface area contributed by atoms with Crippen LogP contribution in [0.4, 0.5) is 37.7 Å². The zero-order chi connectivity index (χ0) is 28.0. The van der Waals surface area contributed by atoms with Crippen molar-refractivity contribution in [2.45, 2.75) is 48.3 Å². The van der Waals surface area contributed by atoms with Gasteiger partial charge in [-0.15, -0.1) is 0 Å². The van der Waals surface area contributed by atoms with Crippen LogP contribution < -0.4 is 15.1 Å². The maximum Gasteiger partial charge on any atom is 0.446 e. The molecule has 12 heteroatoms. The molecule has 4 rings (SSSR count). The van der Waals surface area contributed by atoms with Gasteiger partial charge in [0.2, 0.25) is 5.91 Å². The molecule has 2 heterocycles. The molecule has 2 aromatic rings. The second-order valence-corrected chi connectivity index (χ2v) is 11.0. The van der Waals surface area contributed by atoms with Gasteiger partial charge in [0.05, 0.1) is 5.56 Å². The van der Waals surface area contributed by atoms with E-state index in [-0.39, 0.29) is 28.6 Å². The average Bonchev–Trinajstić information content (AvgIpc) is 2.89. The van der Waals surface area contributed by atoms with E-state index in [2.05, 4.69) is 20.0 Å². The molecule has 0 unspecified atom stereocenters. The van der Waals surface area contributed by atoms with Gasteiger partial charge in [-0.25, -0.2) is 0 Å². The van der Waals surface area contributed by atoms with Crippen LogP contribution in [0.2, 0.25) is 0 Å². The number of hydrogen-bond donors (Lipinski definition) is 1. The maximum absolute atomic E-state index is 12.8. The Bertz CT molecular complexity index is 1060. The van der Waals surface area contributed by atoms with E-state index in [0.717, 1.165) is 88.6 Å². The first-order valence-corrected chi connectivity index (χ1v) is 13.8. The number of piperazine rings is 1. The summed E-state index contributed by atoms with van der Waals surface area (Å²) in [6, 6.07) is 11.7. The summed E-state index contributed by atoms with van der Waals surface area (Å²) in [6.45, 7) is 5.25. The lowest BCUT2D eigenvalue weighted by molar-refractivity contribution is -0.137. The summed E-state index contributed by atoms with van der Waals surface area (Å²) in [5.41, 5.74) is -3.29. The fourth-order valence-electron chi connectivity index (χ4n) is 4.99. The fraction of sp³-hybridized carbons (Fsp3) is 0.519. The fourth-order valence-corrected chi connectivity index (χ4v) is 5.53. The molecule has 2 saturated heterocycles. The van der Waals surface area contributed by atoms with Gasteiger partial charge < -0.3 is 15.1 Å². The molecule has 1 N–H and O–H groups in total. The molecular formula is C27H32F6N4OS. The number of benzene rings is 2. The highest BCUT2D eigenvalue weighted by molar-refractivity contribution is 8.00. The molecular weight excluding hydrogens is 542 g/mol. The SMILES string of the molecule is O=C(CCCN1CCN(c2ccc(C(F)(F)F)cc2)CC1)NC1CCN(c2ccc(SC(F)(F)F)cc2)CC1. The van der Waals surface area contributed by atoms with Crippen LogP contribution in [0.3, 0.4) is 0 Å². The van der Waals surface area contributed by atoms with E-state index in [1.54, 1.807) is 12.1 Å². The van der Waals surface area contributed by atoms with Crippen molar-refractivity contribution in [3.05, 3.63) is 54.1 Å². The summed E-state index contributed by atoms with van der Waals surface area (Å²) >= 11 is -0.124. The van der Waals surface area contributed by atoms with Crippen molar-refractivity contribution in [2.75, 3.05) is 55.6 Å². The Labute approximate surface area is 228 Å². The quantitative estimate of drug-likeness (QED) is 0.309. The number of alkyl halides is 6. The van der Waals surface area contributed by atoms with E-state index in [0.29, 0.717) is 6.42 Å². The van der Waals surface area contributed by atoms with E-state index >= 15 is 0 Å². The van der Waals surface area contributed by atoms with Gasteiger partial charge >= 0.3 is 11.7 Å². The Balaban J connectivity index is 1.10. The molecule has 0 atom stereocenters. The van der Waals surface area contributed by atoms with E-state index in [4.69, 9.17) is 0 Å². The van der Waals surface area contributed by atoms with Gasteiger partial charge in [-0.3, -0.25) is 9.69 Å². The smallest absolute Gasteiger partial charge is 0.371 e. The van der Waals surface area contributed by atoms with Crippen molar-refractivity contribution in [1.29, 1.82) is 0 Å². The number of halogens is 6. The highest BCUT2D eigenvalue weighted by atomic mass is 32.2. The van der Waals surface area contributed by atoms with Gasteiger partial charge in [0, 0.05) is 68.0 Å². The third kappa shape index (κ3) is 8.96. The minimum atomic E-state index is -4.34. The summed E-state index contributed by atoms with van der Waals surface area (Å²) in [5.74, 6) is 0.0189. The molecule has 2 fully saturated rings. The first-order chi connectivity index (χ1) is 18.5. The van der Waals surface area contributed by atoms with E-state index in [1.807, 2.05) is 0 Å². The Morgan fingerprint density at radius 2 is 1.33 bits per heavy atom. The highest BCUT2D eigenvalue weighted by Gasteiger charge is 2.31. The lowest BCUT2D eigenvalue weighted by atomic mass is 10.0. The Hall–Kier alpha value is -2.60. The normalized spacial score (nSPS) is 17.9. The Morgan fingerprint density at radius 1 is 0.795 bits per heavy atom. The summed E-state index contributed by atoms with van der Waals surface area (Å²) in [7, 11) is 0. The van der Waals surface area contributed by atoms with Crippen LogP contribution in [0.15, 0.2) is 53.4 Å². The third-order valence-corrected chi connectivity index (χ3v) is 7.85. The molecule has 0 bridgehead atoms. The number of amides is 1. The molecule has 1 amide bonds. The highest BCUT2D eigenvalue weighted by Crippen LogP contribution is 2.37. The van der Waals surface area contributed by atoms with Crippen molar-refractivity contribution in [1.82, 2.24) is 10.2 Å². The molecule has 0 spiro atoms. The number of thioether (sulfide) groups is 1.